The topological polar surface area (TPSA) is 113 Å². The van der Waals surface area contributed by atoms with E-state index in [1.807, 2.05) is 13.8 Å². The first-order valence-electron chi connectivity index (χ1n) is 6.34. The molecule has 0 fully saturated rings. The molecule has 1 rings (SSSR count). The first kappa shape index (κ1) is 15.3. The van der Waals surface area contributed by atoms with Crippen molar-refractivity contribution in [3.63, 3.8) is 0 Å². The Morgan fingerprint density at radius 3 is 2.42 bits per heavy atom. The second-order valence-electron chi connectivity index (χ2n) is 4.80. The van der Waals surface area contributed by atoms with Crippen LogP contribution in [0.4, 0.5) is 11.5 Å². The molecule has 0 aliphatic carbocycles. The second kappa shape index (κ2) is 5.92. The maximum Gasteiger partial charge on any atom is 0.329 e. The Morgan fingerprint density at radius 1 is 1.37 bits per heavy atom. The van der Waals surface area contributed by atoms with Crippen LogP contribution in [0.1, 0.15) is 26.7 Å². The summed E-state index contributed by atoms with van der Waals surface area (Å²) in [5.41, 5.74) is 4.54. The fraction of sp³-hybridized carbons (Fsp3) is 0.667. The lowest BCUT2D eigenvalue weighted by Crippen LogP contribution is -2.37. The third-order valence-corrected chi connectivity index (χ3v) is 3.85. The van der Waals surface area contributed by atoms with E-state index in [0.29, 0.717) is 6.54 Å². The Morgan fingerprint density at radius 2 is 1.95 bits per heavy atom. The molecule has 0 radical (unpaired) electrons. The van der Waals surface area contributed by atoms with Crippen LogP contribution in [0.2, 0.25) is 0 Å². The molecule has 0 saturated carbocycles. The highest BCUT2D eigenvalue weighted by molar-refractivity contribution is 5.60. The largest absolute Gasteiger partial charge is 0.396 e. The number of anilines is 2. The van der Waals surface area contributed by atoms with Crippen molar-refractivity contribution in [2.75, 3.05) is 24.2 Å². The SMILES string of the molecule is CCC(CC)(CO)CNc1c(N)n(C)c(=O)[nH]c1=O. The number of aromatic amines is 1. The number of H-pyrrole nitrogens is 1. The van der Waals surface area contributed by atoms with Gasteiger partial charge in [0, 0.05) is 19.0 Å². The van der Waals surface area contributed by atoms with Crippen molar-refractivity contribution >= 4 is 11.5 Å². The number of hydrogen-bond donors (Lipinski definition) is 4. The van der Waals surface area contributed by atoms with Gasteiger partial charge < -0.3 is 16.2 Å². The predicted octanol–water partition coefficient (Wildman–Crippen LogP) is -0.134. The molecule has 0 aromatic carbocycles. The van der Waals surface area contributed by atoms with Gasteiger partial charge in [-0.25, -0.2) is 4.79 Å². The van der Waals surface area contributed by atoms with Crippen LogP contribution in [0.5, 0.6) is 0 Å². The third-order valence-electron chi connectivity index (χ3n) is 3.85. The van der Waals surface area contributed by atoms with Crippen molar-refractivity contribution in [3.05, 3.63) is 20.8 Å². The van der Waals surface area contributed by atoms with Gasteiger partial charge in [0.05, 0.1) is 6.61 Å². The minimum Gasteiger partial charge on any atom is -0.396 e. The van der Waals surface area contributed by atoms with Crippen LogP contribution < -0.4 is 22.3 Å². The average molecular weight is 270 g/mol. The van der Waals surface area contributed by atoms with E-state index < -0.39 is 11.2 Å². The molecule has 0 spiro atoms. The molecule has 1 aromatic rings. The van der Waals surface area contributed by atoms with Crippen LogP contribution in [-0.2, 0) is 7.05 Å². The lowest BCUT2D eigenvalue weighted by Gasteiger charge is -2.30. The Labute approximate surface area is 111 Å². The minimum atomic E-state index is -0.549. The van der Waals surface area contributed by atoms with Crippen LogP contribution in [0, 0.1) is 5.41 Å². The van der Waals surface area contributed by atoms with Crippen LogP contribution in [-0.4, -0.2) is 27.8 Å². The molecule has 1 heterocycles. The quantitative estimate of drug-likeness (QED) is 0.575. The number of nitrogens with two attached hydrogens (primary N) is 1. The van der Waals surface area contributed by atoms with Gasteiger partial charge in [0.15, 0.2) is 0 Å². The van der Waals surface area contributed by atoms with E-state index in [0.717, 1.165) is 12.8 Å². The highest BCUT2D eigenvalue weighted by atomic mass is 16.3. The normalized spacial score (nSPS) is 11.6. The molecule has 1 aromatic heterocycles. The number of aliphatic hydroxyl groups excluding tert-OH is 1. The summed E-state index contributed by atoms with van der Waals surface area (Å²) in [6.45, 7) is 4.41. The molecule has 7 nitrogen and oxygen atoms in total. The zero-order valence-corrected chi connectivity index (χ0v) is 11.6. The molecule has 0 aliphatic rings. The smallest absolute Gasteiger partial charge is 0.329 e. The maximum absolute atomic E-state index is 11.7. The summed E-state index contributed by atoms with van der Waals surface area (Å²) < 4.78 is 1.17. The Balaban J connectivity index is 3.05. The number of aliphatic hydroxyl groups is 1. The number of aromatic nitrogens is 2. The first-order chi connectivity index (χ1) is 8.90. The molecule has 19 heavy (non-hydrogen) atoms. The molecular weight excluding hydrogens is 248 g/mol. The Kier molecular flexibility index (Phi) is 4.77. The number of nitrogen functional groups attached to an aromatic ring is 1. The van der Waals surface area contributed by atoms with Crippen molar-refractivity contribution in [2.24, 2.45) is 12.5 Å². The lowest BCUT2D eigenvalue weighted by atomic mass is 9.83. The molecule has 0 saturated heterocycles. The van der Waals surface area contributed by atoms with Gasteiger partial charge in [-0.2, -0.15) is 0 Å². The molecule has 0 atom stereocenters. The maximum atomic E-state index is 11.7. The number of rotatable bonds is 6. The minimum absolute atomic E-state index is 0.0244. The lowest BCUT2D eigenvalue weighted by molar-refractivity contribution is 0.127. The van der Waals surface area contributed by atoms with Crippen molar-refractivity contribution in [1.29, 1.82) is 0 Å². The van der Waals surface area contributed by atoms with Gasteiger partial charge in [-0.15, -0.1) is 0 Å². The van der Waals surface area contributed by atoms with E-state index >= 15 is 0 Å². The van der Waals surface area contributed by atoms with Crippen LogP contribution >= 0.6 is 0 Å². The second-order valence-corrected chi connectivity index (χ2v) is 4.80. The van der Waals surface area contributed by atoms with E-state index in [1.54, 1.807) is 0 Å². The molecule has 5 N–H and O–H groups in total. The van der Waals surface area contributed by atoms with E-state index in [9.17, 15) is 14.7 Å². The van der Waals surface area contributed by atoms with Crippen LogP contribution in [0.15, 0.2) is 9.59 Å². The number of nitrogens with one attached hydrogen (secondary N) is 2. The zero-order valence-electron chi connectivity index (χ0n) is 11.6. The zero-order chi connectivity index (χ0) is 14.6. The van der Waals surface area contributed by atoms with Gasteiger partial charge in [0.25, 0.3) is 5.56 Å². The molecule has 108 valence electrons. The van der Waals surface area contributed by atoms with E-state index in [4.69, 9.17) is 5.73 Å². The van der Waals surface area contributed by atoms with E-state index in [-0.39, 0.29) is 23.5 Å². The fourth-order valence-corrected chi connectivity index (χ4v) is 1.86. The molecule has 0 bridgehead atoms. The van der Waals surface area contributed by atoms with Crippen LogP contribution in [0.25, 0.3) is 0 Å². The molecule has 0 amide bonds. The molecule has 0 aliphatic heterocycles. The summed E-state index contributed by atoms with van der Waals surface area (Å²) in [5, 5.41) is 12.4. The summed E-state index contributed by atoms with van der Waals surface area (Å²) in [6, 6.07) is 0. The number of hydrogen-bond acceptors (Lipinski definition) is 5. The van der Waals surface area contributed by atoms with Crippen LogP contribution in [0.3, 0.4) is 0 Å². The highest BCUT2D eigenvalue weighted by Crippen LogP contribution is 2.26. The number of nitrogens with zero attached hydrogens (tertiary/aromatic N) is 1. The summed E-state index contributed by atoms with van der Waals surface area (Å²) in [6.07, 6.45) is 1.55. The van der Waals surface area contributed by atoms with E-state index in [2.05, 4.69) is 10.3 Å². The van der Waals surface area contributed by atoms with Crippen molar-refractivity contribution in [2.45, 2.75) is 26.7 Å². The predicted molar refractivity (Wildman–Crippen MR) is 75.3 cm³/mol. The van der Waals surface area contributed by atoms with Gasteiger partial charge in [0.2, 0.25) is 0 Å². The fourth-order valence-electron chi connectivity index (χ4n) is 1.86. The first-order valence-corrected chi connectivity index (χ1v) is 6.34. The monoisotopic (exact) mass is 270 g/mol. The third kappa shape index (κ3) is 2.98. The summed E-state index contributed by atoms with van der Waals surface area (Å²) >= 11 is 0. The molecular formula is C12H22N4O3. The Hall–Kier alpha value is -1.76. The van der Waals surface area contributed by atoms with Crippen molar-refractivity contribution in [1.82, 2.24) is 9.55 Å². The average Bonchev–Trinajstić information content (AvgIpc) is 2.41. The van der Waals surface area contributed by atoms with Gasteiger partial charge >= 0.3 is 5.69 Å². The van der Waals surface area contributed by atoms with Crippen molar-refractivity contribution in [3.8, 4) is 0 Å². The van der Waals surface area contributed by atoms with E-state index in [1.165, 1.54) is 11.6 Å². The van der Waals surface area contributed by atoms with Crippen molar-refractivity contribution < 1.29 is 5.11 Å². The Bertz CT molecular complexity index is 535. The van der Waals surface area contributed by atoms with Gasteiger partial charge in [0.1, 0.15) is 11.5 Å². The highest BCUT2D eigenvalue weighted by Gasteiger charge is 2.25. The van der Waals surface area contributed by atoms with Gasteiger partial charge in [-0.1, -0.05) is 13.8 Å². The summed E-state index contributed by atoms with van der Waals surface area (Å²) in [5.74, 6) is 0.0906. The summed E-state index contributed by atoms with van der Waals surface area (Å²) in [7, 11) is 1.48. The standard InChI is InChI=1S/C12H22N4O3/c1-4-12(5-2,7-17)6-14-8-9(13)16(3)11(19)15-10(8)18/h14,17H,4-7,13H2,1-3H3,(H,15,18,19). The molecule has 7 heteroatoms. The summed E-state index contributed by atoms with van der Waals surface area (Å²) in [4.78, 5) is 25.2. The molecule has 0 unspecified atom stereocenters. The van der Waals surface area contributed by atoms with Gasteiger partial charge in [-0.05, 0) is 12.8 Å². The van der Waals surface area contributed by atoms with Gasteiger partial charge in [-0.3, -0.25) is 14.3 Å².